The molecule has 3 aliphatic rings. The van der Waals surface area contributed by atoms with Crippen molar-refractivity contribution in [3.63, 3.8) is 0 Å². The fraction of sp³-hybridized carbons (Fsp3) is 0.824. The monoisotopic (exact) mass is 391 g/mol. The van der Waals surface area contributed by atoms with Crippen molar-refractivity contribution in [3.8, 4) is 0 Å². The standard InChI is InChI=1S/C17H24F3N3O4/c1-16(2)9-7-23(12(11(9)16)14(25)26)13(24)10(8-22-5-3-4-6-22)21-15(27)17(18,19)20/h9-12H,3-8H2,1-2H3,(H,21,27)(H,25,26)/t9-,10-,11-,12-/m0/s1. The first-order valence-electron chi connectivity index (χ1n) is 9.08. The summed E-state index contributed by atoms with van der Waals surface area (Å²) in [5, 5.41) is 11.3. The van der Waals surface area contributed by atoms with Crippen LogP contribution < -0.4 is 5.32 Å². The molecule has 1 saturated carbocycles. The van der Waals surface area contributed by atoms with E-state index in [-0.39, 0.29) is 30.3 Å². The van der Waals surface area contributed by atoms with Gasteiger partial charge in [0.1, 0.15) is 12.1 Å². The van der Waals surface area contributed by atoms with E-state index in [4.69, 9.17) is 0 Å². The zero-order valence-corrected chi connectivity index (χ0v) is 15.3. The number of halogens is 3. The van der Waals surface area contributed by atoms with Gasteiger partial charge in [0.05, 0.1) is 0 Å². The highest BCUT2D eigenvalue weighted by atomic mass is 19.4. The summed E-state index contributed by atoms with van der Waals surface area (Å²) in [4.78, 5) is 39.0. The first kappa shape index (κ1) is 19.9. The molecule has 0 aromatic rings. The molecule has 0 unspecified atom stereocenters. The zero-order chi connectivity index (χ0) is 20.1. The predicted molar refractivity (Wildman–Crippen MR) is 87.6 cm³/mol. The summed E-state index contributed by atoms with van der Waals surface area (Å²) in [5.74, 6) is -4.31. The summed E-state index contributed by atoms with van der Waals surface area (Å²) < 4.78 is 38.1. The lowest BCUT2D eigenvalue weighted by molar-refractivity contribution is -0.175. The second-order valence-electron chi connectivity index (χ2n) is 8.26. The van der Waals surface area contributed by atoms with Crippen LogP contribution in [0.15, 0.2) is 0 Å². The molecular formula is C17H24F3N3O4. The lowest BCUT2D eigenvalue weighted by atomic mass is 10.0. The Morgan fingerprint density at radius 3 is 2.33 bits per heavy atom. The van der Waals surface area contributed by atoms with Gasteiger partial charge in [0.15, 0.2) is 0 Å². The second kappa shape index (κ2) is 6.65. The first-order chi connectivity index (χ1) is 12.4. The van der Waals surface area contributed by atoms with Crippen molar-refractivity contribution in [1.29, 1.82) is 0 Å². The third-order valence-corrected chi connectivity index (χ3v) is 6.24. The molecular weight excluding hydrogens is 367 g/mol. The Labute approximate surface area is 154 Å². The van der Waals surface area contributed by atoms with E-state index in [9.17, 15) is 32.7 Å². The lowest BCUT2D eigenvalue weighted by Crippen LogP contribution is -2.58. The lowest BCUT2D eigenvalue weighted by Gasteiger charge is -2.33. The molecule has 0 radical (unpaired) electrons. The largest absolute Gasteiger partial charge is 0.480 e. The molecule has 0 spiro atoms. The van der Waals surface area contributed by atoms with E-state index in [2.05, 4.69) is 0 Å². The maximum Gasteiger partial charge on any atom is 0.471 e. The number of carbonyl (C=O) groups is 3. The van der Waals surface area contributed by atoms with Gasteiger partial charge in [0, 0.05) is 19.0 Å². The van der Waals surface area contributed by atoms with Crippen LogP contribution in [-0.2, 0) is 14.4 Å². The number of fused-ring (bicyclic) bond motifs is 1. The summed E-state index contributed by atoms with van der Waals surface area (Å²) in [6, 6.07) is -2.49. The third kappa shape index (κ3) is 3.63. The minimum atomic E-state index is -5.11. The van der Waals surface area contributed by atoms with E-state index in [1.807, 2.05) is 18.7 Å². The van der Waals surface area contributed by atoms with Crippen molar-refractivity contribution in [2.45, 2.75) is 44.9 Å². The minimum Gasteiger partial charge on any atom is -0.480 e. The normalized spacial score (nSPS) is 30.7. The van der Waals surface area contributed by atoms with Crippen LogP contribution in [0.4, 0.5) is 13.2 Å². The van der Waals surface area contributed by atoms with Crippen molar-refractivity contribution in [1.82, 2.24) is 15.1 Å². The molecule has 1 aliphatic carbocycles. The van der Waals surface area contributed by atoms with E-state index < -0.39 is 36.0 Å². The number of nitrogens with one attached hydrogen (secondary N) is 1. The van der Waals surface area contributed by atoms with Crippen LogP contribution in [0.25, 0.3) is 0 Å². The second-order valence-corrected chi connectivity index (χ2v) is 8.26. The number of alkyl halides is 3. The van der Waals surface area contributed by atoms with Gasteiger partial charge >= 0.3 is 18.1 Å². The third-order valence-electron chi connectivity index (χ3n) is 6.24. The van der Waals surface area contributed by atoms with Gasteiger partial charge < -0.3 is 20.2 Å². The Hall–Kier alpha value is -1.84. The van der Waals surface area contributed by atoms with Crippen LogP contribution in [0.2, 0.25) is 0 Å². The van der Waals surface area contributed by atoms with Crippen molar-refractivity contribution >= 4 is 17.8 Å². The quantitative estimate of drug-likeness (QED) is 0.720. The van der Waals surface area contributed by atoms with Crippen molar-refractivity contribution < 1.29 is 32.7 Å². The summed E-state index contributed by atoms with van der Waals surface area (Å²) in [7, 11) is 0. The Morgan fingerprint density at radius 2 is 1.81 bits per heavy atom. The number of likely N-dealkylation sites (tertiary alicyclic amines) is 2. The Bertz CT molecular complexity index is 646. The number of nitrogens with zero attached hydrogens (tertiary/aromatic N) is 2. The van der Waals surface area contributed by atoms with E-state index in [0.29, 0.717) is 13.1 Å². The molecule has 2 saturated heterocycles. The zero-order valence-electron chi connectivity index (χ0n) is 15.3. The summed E-state index contributed by atoms with van der Waals surface area (Å²) >= 11 is 0. The van der Waals surface area contributed by atoms with Crippen molar-refractivity contribution in [3.05, 3.63) is 0 Å². The van der Waals surface area contributed by atoms with Crippen molar-refractivity contribution in [2.75, 3.05) is 26.2 Å². The maximum atomic E-state index is 12.9. The minimum absolute atomic E-state index is 0.00769. The van der Waals surface area contributed by atoms with E-state index >= 15 is 0 Å². The van der Waals surface area contributed by atoms with Gasteiger partial charge in [-0.2, -0.15) is 13.2 Å². The Balaban J connectivity index is 1.77. The van der Waals surface area contributed by atoms with Crippen LogP contribution in [-0.4, -0.2) is 77.1 Å². The molecule has 152 valence electrons. The van der Waals surface area contributed by atoms with Crippen LogP contribution in [0, 0.1) is 17.3 Å². The van der Waals surface area contributed by atoms with Crippen LogP contribution in [0.3, 0.4) is 0 Å². The Morgan fingerprint density at radius 1 is 1.22 bits per heavy atom. The predicted octanol–water partition coefficient (Wildman–Crippen LogP) is 0.697. The number of carboxylic acids is 1. The molecule has 2 N–H and O–H groups in total. The molecule has 27 heavy (non-hydrogen) atoms. The van der Waals surface area contributed by atoms with E-state index in [1.165, 1.54) is 0 Å². The number of aliphatic carboxylic acids is 1. The van der Waals surface area contributed by atoms with Gasteiger partial charge in [-0.3, -0.25) is 9.59 Å². The van der Waals surface area contributed by atoms with Gasteiger partial charge in [-0.15, -0.1) is 0 Å². The SMILES string of the molecule is CC1(C)[C@@H]2[C@@H](C(=O)O)N(C(=O)[C@H](CN3CCCC3)NC(=O)C(F)(F)F)C[C@@H]21. The fourth-order valence-corrected chi connectivity index (χ4v) is 4.64. The number of piperidine rings is 1. The number of carbonyl (C=O) groups excluding carboxylic acids is 2. The molecule has 7 nitrogen and oxygen atoms in total. The highest BCUT2D eigenvalue weighted by Gasteiger charge is 2.69. The number of hydrogen-bond donors (Lipinski definition) is 2. The van der Waals surface area contributed by atoms with Gasteiger partial charge in [-0.25, -0.2) is 4.79 Å². The maximum absolute atomic E-state index is 12.9. The van der Waals surface area contributed by atoms with Gasteiger partial charge in [-0.05, 0) is 37.3 Å². The van der Waals surface area contributed by atoms with E-state index in [1.54, 1.807) is 5.32 Å². The molecule has 10 heteroatoms. The molecule has 0 bridgehead atoms. The number of rotatable bonds is 5. The first-order valence-corrected chi connectivity index (χ1v) is 9.08. The average molecular weight is 391 g/mol. The average Bonchev–Trinajstić information content (AvgIpc) is 3.01. The summed E-state index contributed by atoms with van der Waals surface area (Å²) in [6.07, 6.45) is -3.37. The highest BCUT2D eigenvalue weighted by Crippen LogP contribution is 2.64. The molecule has 0 aromatic carbocycles. The van der Waals surface area contributed by atoms with E-state index in [0.717, 1.165) is 17.7 Å². The number of amides is 2. The van der Waals surface area contributed by atoms with Gasteiger partial charge in [0.2, 0.25) is 5.91 Å². The molecule has 2 amide bonds. The van der Waals surface area contributed by atoms with Crippen molar-refractivity contribution in [2.24, 2.45) is 17.3 Å². The molecule has 3 rings (SSSR count). The Kier molecular flexibility index (Phi) is 4.90. The fourth-order valence-electron chi connectivity index (χ4n) is 4.64. The molecule has 0 aromatic heterocycles. The topological polar surface area (TPSA) is 89.9 Å². The number of hydrogen-bond acceptors (Lipinski definition) is 4. The summed E-state index contributed by atoms with van der Waals surface area (Å²) in [5.41, 5.74) is -0.209. The van der Waals surface area contributed by atoms with Crippen LogP contribution in [0.5, 0.6) is 0 Å². The highest BCUT2D eigenvalue weighted by molar-refractivity contribution is 5.93. The van der Waals surface area contributed by atoms with Crippen LogP contribution in [0.1, 0.15) is 26.7 Å². The molecule has 4 atom stereocenters. The summed E-state index contributed by atoms with van der Waals surface area (Å²) in [6.45, 7) is 5.24. The van der Waals surface area contributed by atoms with Crippen LogP contribution >= 0.6 is 0 Å². The molecule has 2 aliphatic heterocycles. The smallest absolute Gasteiger partial charge is 0.471 e. The molecule has 2 heterocycles. The van der Waals surface area contributed by atoms with Gasteiger partial charge in [-0.1, -0.05) is 13.8 Å². The van der Waals surface area contributed by atoms with Gasteiger partial charge in [0.25, 0.3) is 0 Å². The number of carboxylic acid groups (broad SMARTS) is 1. The molecule has 3 fully saturated rings.